The van der Waals surface area contributed by atoms with Crippen LogP contribution in [-0.4, -0.2) is 53.1 Å². The van der Waals surface area contributed by atoms with Crippen molar-refractivity contribution in [3.05, 3.63) is 92.9 Å². The van der Waals surface area contributed by atoms with Crippen molar-refractivity contribution in [2.24, 2.45) is 0 Å². The predicted molar refractivity (Wildman–Crippen MR) is 139 cm³/mol. The normalized spacial score (nSPS) is 24.1. The Morgan fingerprint density at radius 2 is 1.77 bits per heavy atom. The second kappa shape index (κ2) is 9.08. The highest BCUT2D eigenvalue weighted by molar-refractivity contribution is 5.96. The third-order valence-corrected chi connectivity index (χ3v) is 8.52. The SMILES string of the molecule is O=C1c2c(O)c(=O)ccn2N(C2c3ccccc3N3CCOCC3c3c2ccc(F)c3F)C2CCCCCN12. The van der Waals surface area contributed by atoms with Crippen molar-refractivity contribution in [3.63, 3.8) is 0 Å². The van der Waals surface area contributed by atoms with Gasteiger partial charge in [0.15, 0.2) is 23.1 Å². The summed E-state index contributed by atoms with van der Waals surface area (Å²) >= 11 is 0. The monoisotopic (exact) mass is 534 g/mol. The number of anilines is 1. The van der Waals surface area contributed by atoms with Gasteiger partial charge in [-0.2, -0.15) is 0 Å². The lowest BCUT2D eigenvalue weighted by Crippen LogP contribution is -2.62. The summed E-state index contributed by atoms with van der Waals surface area (Å²) in [6, 6.07) is 10.6. The minimum atomic E-state index is -0.935. The third kappa shape index (κ3) is 3.50. The van der Waals surface area contributed by atoms with E-state index in [4.69, 9.17) is 4.74 Å². The molecule has 1 amide bonds. The van der Waals surface area contributed by atoms with E-state index in [1.807, 2.05) is 29.3 Å². The Morgan fingerprint density at radius 1 is 0.923 bits per heavy atom. The number of carbonyl (C=O) groups excluding carboxylic acids is 1. The number of hydrogen-bond acceptors (Lipinski definition) is 6. The number of amides is 1. The van der Waals surface area contributed by atoms with Crippen molar-refractivity contribution in [1.29, 1.82) is 0 Å². The van der Waals surface area contributed by atoms with Gasteiger partial charge in [0.2, 0.25) is 5.43 Å². The molecule has 4 aliphatic rings. The number of nitrogens with zero attached hydrogens (tertiary/aromatic N) is 4. The number of morpholine rings is 1. The maximum Gasteiger partial charge on any atom is 0.278 e. The summed E-state index contributed by atoms with van der Waals surface area (Å²) < 4.78 is 38.0. The summed E-state index contributed by atoms with van der Waals surface area (Å²) in [5, 5.41) is 12.8. The van der Waals surface area contributed by atoms with Gasteiger partial charge in [0.05, 0.1) is 19.3 Å². The van der Waals surface area contributed by atoms with Crippen molar-refractivity contribution in [3.8, 4) is 5.75 Å². The lowest BCUT2D eigenvalue weighted by molar-refractivity contribution is 0.0556. The number of halogens is 2. The van der Waals surface area contributed by atoms with Crippen LogP contribution < -0.4 is 15.3 Å². The van der Waals surface area contributed by atoms with Gasteiger partial charge >= 0.3 is 0 Å². The van der Waals surface area contributed by atoms with Crippen LogP contribution >= 0.6 is 0 Å². The number of rotatable bonds is 1. The van der Waals surface area contributed by atoms with Gasteiger partial charge in [-0.3, -0.25) is 19.3 Å². The van der Waals surface area contributed by atoms with Gasteiger partial charge in [0, 0.05) is 42.2 Å². The first-order valence-electron chi connectivity index (χ1n) is 13.4. The minimum absolute atomic E-state index is 0.118. The van der Waals surface area contributed by atoms with E-state index in [1.54, 1.807) is 15.6 Å². The lowest BCUT2D eigenvalue weighted by Gasteiger charge is -2.49. The van der Waals surface area contributed by atoms with Gasteiger partial charge in [-0.1, -0.05) is 30.7 Å². The zero-order valence-electron chi connectivity index (χ0n) is 21.2. The number of pyridine rings is 1. The molecular weight excluding hydrogens is 506 g/mol. The number of ether oxygens (including phenoxy) is 1. The van der Waals surface area contributed by atoms with Crippen LogP contribution in [0.4, 0.5) is 14.5 Å². The Hall–Kier alpha value is -3.92. The number of para-hydroxylation sites is 1. The van der Waals surface area contributed by atoms with E-state index in [0.717, 1.165) is 36.6 Å². The molecule has 0 radical (unpaired) electrons. The maximum atomic E-state index is 15.8. The van der Waals surface area contributed by atoms with E-state index >= 15 is 4.39 Å². The molecule has 0 spiro atoms. The molecule has 0 bridgehead atoms. The molecule has 8 nitrogen and oxygen atoms in total. The van der Waals surface area contributed by atoms with E-state index in [-0.39, 0.29) is 17.9 Å². The van der Waals surface area contributed by atoms with Crippen molar-refractivity contribution >= 4 is 11.6 Å². The largest absolute Gasteiger partial charge is 0.502 e. The summed E-state index contributed by atoms with van der Waals surface area (Å²) in [6.45, 7) is 1.62. The zero-order chi connectivity index (χ0) is 26.8. The second-order valence-electron chi connectivity index (χ2n) is 10.5. The number of fused-ring (bicyclic) bond motifs is 7. The highest BCUT2D eigenvalue weighted by atomic mass is 19.2. The van der Waals surface area contributed by atoms with Gasteiger partial charge < -0.3 is 19.6 Å². The van der Waals surface area contributed by atoms with E-state index in [1.165, 1.54) is 12.3 Å². The van der Waals surface area contributed by atoms with Crippen LogP contribution in [-0.2, 0) is 4.74 Å². The van der Waals surface area contributed by atoms with Crippen molar-refractivity contribution in [2.75, 3.05) is 36.2 Å². The zero-order valence-corrected chi connectivity index (χ0v) is 21.2. The highest BCUT2D eigenvalue weighted by Crippen LogP contribution is 2.48. The lowest BCUT2D eigenvalue weighted by atomic mass is 9.90. The summed E-state index contributed by atoms with van der Waals surface area (Å²) in [7, 11) is 0. The van der Waals surface area contributed by atoms with E-state index in [2.05, 4.69) is 4.90 Å². The average Bonchev–Trinajstić information content (AvgIpc) is 3.27. The molecule has 1 N–H and O–H groups in total. The first kappa shape index (κ1) is 24.1. The van der Waals surface area contributed by atoms with Crippen LogP contribution in [0.15, 0.2) is 53.5 Å². The maximum absolute atomic E-state index is 15.8. The fourth-order valence-corrected chi connectivity index (χ4v) is 6.81. The number of aromatic nitrogens is 1. The molecule has 10 heteroatoms. The van der Waals surface area contributed by atoms with E-state index < -0.39 is 47.0 Å². The van der Waals surface area contributed by atoms with Crippen LogP contribution in [0.2, 0.25) is 0 Å². The fourth-order valence-electron chi connectivity index (χ4n) is 6.81. The van der Waals surface area contributed by atoms with Gasteiger partial charge in [0.25, 0.3) is 5.91 Å². The number of hydrogen-bond donors (Lipinski definition) is 1. The van der Waals surface area contributed by atoms with Gasteiger partial charge in [-0.15, -0.1) is 0 Å². The van der Waals surface area contributed by atoms with E-state index in [0.29, 0.717) is 31.7 Å². The molecule has 1 aromatic heterocycles. The van der Waals surface area contributed by atoms with Crippen LogP contribution in [0.25, 0.3) is 0 Å². The summed E-state index contributed by atoms with van der Waals surface area (Å²) in [5.74, 6) is -2.88. The number of aromatic hydroxyl groups is 1. The topological polar surface area (TPSA) is 78.2 Å². The minimum Gasteiger partial charge on any atom is -0.502 e. The first-order valence-corrected chi connectivity index (χ1v) is 13.4. The molecule has 0 aliphatic carbocycles. The summed E-state index contributed by atoms with van der Waals surface area (Å²) in [5.41, 5.74) is 1.74. The first-order chi connectivity index (χ1) is 19.0. The number of carbonyl (C=O) groups is 1. The van der Waals surface area contributed by atoms with Gasteiger partial charge in [-0.05, 0) is 37.0 Å². The third-order valence-electron chi connectivity index (χ3n) is 8.52. The van der Waals surface area contributed by atoms with Crippen LogP contribution in [0.5, 0.6) is 5.75 Å². The van der Waals surface area contributed by atoms with Crippen molar-refractivity contribution in [2.45, 2.75) is 43.9 Å². The molecule has 2 fully saturated rings. The van der Waals surface area contributed by atoms with Crippen molar-refractivity contribution in [1.82, 2.24) is 9.58 Å². The Morgan fingerprint density at radius 3 is 2.64 bits per heavy atom. The summed E-state index contributed by atoms with van der Waals surface area (Å²) in [4.78, 5) is 30.0. The Kier molecular flexibility index (Phi) is 5.62. The van der Waals surface area contributed by atoms with Gasteiger partial charge in [0.1, 0.15) is 12.2 Å². The Labute approximate surface area is 223 Å². The molecule has 39 heavy (non-hydrogen) atoms. The van der Waals surface area contributed by atoms with Crippen molar-refractivity contribution < 1.29 is 23.4 Å². The summed E-state index contributed by atoms with van der Waals surface area (Å²) in [6.07, 6.45) is 4.30. The van der Waals surface area contributed by atoms with Crippen LogP contribution in [0.3, 0.4) is 0 Å². The second-order valence-corrected chi connectivity index (χ2v) is 10.5. The smallest absolute Gasteiger partial charge is 0.278 e. The van der Waals surface area contributed by atoms with Crippen LogP contribution in [0.1, 0.15) is 64.9 Å². The predicted octanol–water partition coefficient (Wildman–Crippen LogP) is 3.81. The molecule has 3 atom stereocenters. The molecule has 4 aliphatic heterocycles. The van der Waals surface area contributed by atoms with E-state index in [9.17, 15) is 19.1 Å². The molecule has 2 aromatic carbocycles. The molecule has 7 rings (SSSR count). The fraction of sp³-hybridized carbons (Fsp3) is 0.379. The molecule has 0 saturated carbocycles. The quantitative estimate of drug-likeness (QED) is 0.512. The standard InChI is InChI=1S/C29H28F2N4O4/c30-19-10-9-18-24(25(19)31)21-16-39-15-14-32(21)20-7-4-3-6-17(20)26(18)35-23-8-2-1-5-12-33(23)29(38)27-28(37)22(36)11-13-34(27)35/h3-4,6-7,9-11,13,21,23,26,37H,1-2,5,8,12,14-16H2. The molecule has 3 unspecified atom stereocenters. The highest BCUT2D eigenvalue weighted by Gasteiger charge is 2.47. The van der Waals surface area contributed by atoms with Crippen LogP contribution in [0, 0.1) is 11.6 Å². The Balaban J connectivity index is 1.56. The Bertz CT molecular complexity index is 1540. The average molecular weight is 535 g/mol. The van der Waals surface area contributed by atoms with Gasteiger partial charge in [-0.25, -0.2) is 8.78 Å². The molecule has 2 saturated heterocycles. The number of benzene rings is 2. The molecule has 5 heterocycles. The molecular formula is C29H28F2N4O4. The molecule has 3 aromatic rings. The molecule has 202 valence electrons.